The van der Waals surface area contributed by atoms with Gasteiger partial charge in [0.15, 0.2) is 0 Å². The molecular weight excluding hydrogens is 160 g/mol. The lowest BCUT2D eigenvalue weighted by Crippen LogP contribution is -2.12. The Labute approximate surface area is 82.9 Å². The summed E-state index contributed by atoms with van der Waals surface area (Å²) >= 11 is 0. The second-order valence-corrected chi connectivity index (χ2v) is 4.90. The van der Waals surface area contributed by atoms with Crippen LogP contribution in [0.25, 0.3) is 0 Å². The smallest absolute Gasteiger partial charge is 0.135 e. The summed E-state index contributed by atoms with van der Waals surface area (Å²) in [6.07, 6.45) is 3.20. The Morgan fingerprint density at radius 3 is 1.92 bits per heavy atom. The normalized spacial score (nSPS) is 13.8. The quantitative estimate of drug-likeness (QED) is 0.615. The van der Waals surface area contributed by atoms with E-state index in [0.717, 1.165) is 12.3 Å². The maximum absolute atomic E-state index is 11.4. The lowest BCUT2D eigenvalue weighted by atomic mass is 9.92. The minimum atomic E-state index is 0.210. The summed E-state index contributed by atoms with van der Waals surface area (Å²) in [6, 6.07) is 0. The first kappa shape index (κ1) is 12.7. The number of carbonyl (C=O) groups excluding carboxylic acids is 1. The van der Waals surface area contributed by atoms with E-state index in [2.05, 4.69) is 20.8 Å². The van der Waals surface area contributed by atoms with E-state index in [1.807, 2.05) is 13.8 Å². The lowest BCUT2D eigenvalue weighted by Gasteiger charge is -2.13. The molecule has 1 atom stereocenters. The first-order chi connectivity index (χ1) is 5.93. The van der Waals surface area contributed by atoms with Gasteiger partial charge in [0.05, 0.1) is 0 Å². The van der Waals surface area contributed by atoms with Gasteiger partial charge in [-0.15, -0.1) is 0 Å². The molecule has 0 aliphatic rings. The maximum Gasteiger partial charge on any atom is 0.135 e. The van der Waals surface area contributed by atoms with Crippen molar-refractivity contribution in [2.24, 2.45) is 17.8 Å². The fourth-order valence-electron chi connectivity index (χ4n) is 1.30. The van der Waals surface area contributed by atoms with Crippen LogP contribution in [0.5, 0.6) is 0 Å². The summed E-state index contributed by atoms with van der Waals surface area (Å²) in [5.74, 6) is 1.95. The minimum absolute atomic E-state index is 0.210. The van der Waals surface area contributed by atoms with Crippen LogP contribution in [0.3, 0.4) is 0 Å². The predicted octanol–water partition coefficient (Wildman–Crippen LogP) is 3.67. The van der Waals surface area contributed by atoms with Gasteiger partial charge in [0.2, 0.25) is 0 Å². The molecule has 0 aromatic carbocycles. The summed E-state index contributed by atoms with van der Waals surface area (Å²) in [4.78, 5) is 11.4. The van der Waals surface area contributed by atoms with E-state index in [1.165, 1.54) is 12.8 Å². The highest BCUT2D eigenvalue weighted by Crippen LogP contribution is 2.16. The highest BCUT2D eigenvalue weighted by molar-refractivity contribution is 5.80. The monoisotopic (exact) mass is 184 g/mol. The molecule has 0 spiro atoms. The third kappa shape index (κ3) is 6.80. The van der Waals surface area contributed by atoms with Crippen LogP contribution in [0.4, 0.5) is 0 Å². The Balaban J connectivity index is 3.62. The van der Waals surface area contributed by atoms with Crippen LogP contribution in [0, 0.1) is 17.8 Å². The van der Waals surface area contributed by atoms with Gasteiger partial charge in [-0.2, -0.15) is 0 Å². The third-order valence-electron chi connectivity index (χ3n) is 2.43. The molecule has 0 amide bonds. The SMILES string of the molecule is CC(C)CCC(C)CC(=O)C(C)C. The molecule has 0 saturated heterocycles. The van der Waals surface area contributed by atoms with E-state index < -0.39 is 0 Å². The molecule has 13 heavy (non-hydrogen) atoms. The van der Waals surface area contributed by atoms with E-state index in [4.69, 9.17) is 0 Å². The largest absolute Gasteiger partial charge is 0.299 e. The topological polar surface area (TPSA) is 17.1 Å². The van der Waals surface area contributed by atoms with Crippen molar-refractivity contribution in [1.82, 2.24) is 0 Å². The average Bonchev–Trinajstić information content (AvgIpc) is 2.00. The van der Waals surface area contributed by atoms with Crippen LogP contribution in [-0.4, -0.2) is 5.78 Å². The van der Waals surface area contributed by atoms with Gasteiger partial charge < -0.3 is 0 Å². The number of carbonyl (C=O) groups is 1. The molecule has 1 unspecified atom stereocenters. The van der Waals surface area contributed by atoms with Crippen LogP contribution in [0.2, 0.25) is 0 Å². The molecule has 0 aliphatic heterocycles. The van der Waals surface area contributed by atoms with Gasteiger partial charge in [-0.1, -0.05) is 47.5 Å². The van der Waals surface area contributed by atoms with Gasteiger partial charge in [0.1, 0.15) is 5.78 Å². The standard InChI is InChI=1S/C12H24O/c1-9(2)6-7-11(5)8-12(13)10(3)4/h9-11H,6-8H2,1-5H3. The van der Waals surface area contributed by atoms with Gasteiger partial charge in [-0.05, 0) is 11.8 Å². The van der Waals surface area contributed by atoms with Crippen molar-refractivity contribution < 1.29 is 4.79 Å². The Hall–Kier alpha value is -0.330. The van der Waals surface area contributed by atoms with Crippen LogP contribution < -0.4 is 0 Å². The first-order valence-electron chi connectivity index (χ1n) is 5.46. The van der Waals surface area contributed by atoms with Crippen LogP contribution in [-0.2, 0) is 4.79 Å². The number of ketones is 1. The number of hydrogen-bond donors (Lipinski definition) is 0. The molecule has 0 aliphatic carbocycles. The zero-order valence-electron chi connectivity index (χ0n) is 9.76. The molecule has 0 N–H and O–H groups in total. The van der Waals surface area contributed by atoms with Gasteiger partial charge in [-0.25, -0.2) is 0 Å². The van der Waals surface area contributed by atoms with Crippen molar-refractivity contribution in [2.75, 3.05) is 0 Å². The second kappa shape index (κ2) is 6.17. The molecule has 1 heteroatoms. The van der Waals surface area contributed by atoms with Crippen molar-refractivity contribution in [3.05, 3.63) is 0 Å². The summed E-state index contributed by atoms with van der Waals surface area (Å²) < 4.78 is 0. The summed E-state index contributed by atoms with van der Waals surface area (Å²) in [6.45, 7) is 10.6. The molecule has 0 heterocycles. The van der Waals surface area contributed by atoms with Crippen LogP contribution >= 0.6 is 0 Å². The van der Waals surface area contributed by atoms with Crippen molar-refractivity contribution in [3.63, 3.8) is 0 Å². The van der Waals surface area contributed by atoms with Gasteiger partial charge >= 0.3 is 0 Å². The van der Waals surface area contributed by atoms with Crippen molar-refractivity contribution in [2.45, 2.75) is 53.9 Å². The maximum atomic E-state index is 11.4. The Morgan fingerprint density at radius 1 is 1.00 bits per heavy atom. The molecule has 78 valence electrons. The van der Waals surface area contributed by atoms with Crippen molar-refractivity contribution in [3.8, 4) is 0 Å². The Morgan fingerprint density at radius 2 is 1.54 bits per heavy atom. The van der Waals surface area contributed by atoms with Crippen molar-refractivity contribution in [1.29, 1.82) is 0 Å². The Kier molecular flexibility index (Phi) is 6.02. The van der Waals surface area contributed by atoms with E-state index in [1.54, 1.807) is 0 Å². The Bertz CT molecular complexity index is 147. The molecule has 0 rings (SSSR count). The van der Waals surface area contributed by atoms with E-state index in [0.29, 0.717) is 11.7 Å². The average molecular weight is 184 g/mol. The van der Waals surface area contributed by atoms with E-state index in [-0.39, 0.29) is 5.92 Å². The number of hydrogen-bond acceptors (Lipinski definition) is 1. The lowest BCUT2D eigenvalue weighted by molar-refractivity contribution is -0.122. The molecule has 1 nitrogen and oxygen atoms in total. The van der Waals surface area contributed by atoms with Gasteiger partial charge in [0, 0.05) is 12.3 Å². The highest BCUT2D eigenvalue weighted by atomic mass is 16.1. The first-order valence-corrected chi connectivity index (χ1v) is 5.46. The number of Topliss-reactive ketones (excluding diaryl/α,β-unsaturated/α-hetero) is 1. The molecule has 0 saturated carbocycles. The molecule has 0 aromatic rings. The zero-order chi connectivity index (χ0) is 10.4. The van der Waals surface area contributed by atoms with Crippen LogP contribution in [0.1, 0.15) is 53.9 Å². The van der Waals surface area contributed by atoms with E-state index >= 15 is 0 Å². The molecular formula is C12H24O. The van der Waals surface area contributed by atoms with E-state index in [9.17, 15) is 4.79 Å². The predicted molar refractivity (Wildman–Crippen MR) is 57.7 cm³/mol. The fraction of sp³-hybridized carbons (Fsp3) is 0.917. The summed E-state index contributed by atoms with van der Waals surface area (Å²) in [5, 5.41) is 0. The summed E-state index contributed by atoms with van der Waals surface area (Å²) in [7, 11) is 0. The highest BCUT2D eigenvalue weighted by Gasteiger charge is 2.12. The third-order valence-corrected chi connectivity index (χ3v) is 2.43. The van der Waals surface area contributed by atoms with Crippen molar-refractivity contribution >= 4 is 5.78 Å². The molecule has 0 bridgehead atoms. The number of rotatable bonds is 6. The summed E-state index contributed by atoms with van der Waals surface area (Å²) in [5.41, 5.74) is 0. The van der Waals surface area contributed by atoms with Crippen LogP contribution in [0.15, 0.2) is 0 Å². The molecule has 0 aromatic heterocycles. The van der Waals surface area contributed by atoms with Gasteiger partial charge in [0.25, 0.3) is 0 Å². The second-order valence-electron chi connectivity index (χ2n) is 4.90. The minimum Gasteiger partial charge on any atom is -0.299 e. The molecule has 0 fully saturated rings. The molecule has 0 radical (unpaired) electrons. The fourth-order valence-corrected chi connectivity index (χ4v) is 1.30. The zero-order valence-corrected chi connectivity index (χ0v) is 9.76. The van der Waals surface area contributed by atoms with Gasteiger partial charge in [-0.3, -0.25) is 4.79 Å².